The number of hydrogen-bond acceptors (Lipinski definition) is 1. The molecule has 1 aliphatic carbocycles. The molecule has 1 aromatic heterocycles. The Kier molecular flexibility index (Phi) is 3.90. The molecule has 1 radical (unpaired) electrons. The Labute approximate surface area is 138 Å². The smallest absolute Gasteiger partial charge is 0.237 e. The molecule has 1 aromatic carbocycles. The molecule has 0 fully saturated rings. The quantitative estimate of drug-likeness (QED) is 0.806. The molecule has 0 saturated carbocycles. The fourth-order valence-corrected chi connectivity index (χ4v) is 3.08. The first kappa shape index (κ1) is 14.7. The van der Waals surface area contributed by atoms with Gasteiger partial charge in [0.25, 0.3) is 0 Å². The summed E-state index contributed by atoms with van der Waals surface area (Å²) in [6.45, 7) is 8.58. The topological polar surface area (TPSA) is 47.0 Å². The summed E-state index contributed by atoms with van der Waals surface area (Å²) in [5.74, 6) is 0. The van der Waals surface area contributed by atoms with Crippen molar-refractivity contribution in [3.05, 3.63) is 43.9 Å². The van der Waals surface area contributed by atoms with Gasteiger partial charge in [0.05, 0.1) is 0 Å². The average molecular weight is 330 g/mol. The van der Waals surface area contributed by atoms with Gasteiger partial charge in [0.15, 0.2) is 0 Å². The normalized spacial score (nSPS) is 12.6. The Balaban J connectivity index is 0.00000133. The Bertz CT molecular complexity index is 710. The molecule has 3 rings (SSSR count). The maximum Gasteiger partial charge on any atom is 0.237 e. The van der Waals surface area contributed by atoms with E-state index in [9.17, 15) is 4.79 Å². The first-order valence-corrected chi connectivity index (χ1v) is 6.36. The predicted octanol–water partition coefficient (Wildman–Crippen LogP) is 2.33. The van der Waals surface area contributed by atoms with Gasteiger partial charge in [0.1, 0.15) is 0 Å². The van der Waals surface area contributed by atoms with Gasteiger partial charge >= 0.3 is 0 Å². The summed E-state index contributed by atoms with van der Waals surface area (Å²) in [6, 6.07) is 0. The summed E-state index contributed by atoms with van der Waals surface area (Å²) < 4.78 is 0. The van der Waals surface area contributed by atoms with Gasteiger partial charge in [0, 0.05) is 38.3 Å². The van der Waals surface area contributed by atoms with Crippen LogP contribution in [0.2, 0.25) is 0 Å². The van der Waals surface area contributed by atoms with Crippen molar-refractivity contribution < 1.29 is 32.7 Å². The molecule has 0 atom stereocenters. The molecule has 19 heavy (non-hydrogen) atoms. The second-order valence-electron chi connectivity index (χ2n) is 5.23. The number of H-pyrrole nitrogens is 1. The number of rotatable bonds is 0. The van der Waals surface area contributed by atoms with Crippen molar-refractivity contribution in [2.45, 2.75) is 40.5 Å². The van der Waals surface area contributed by atoms with Crippen LogP contribution >= 0.6 is 0 Å². The van der Waals surface area contributed by atoms with Crippen LogP contribution in [-0.4, -0.2) is 5.10 Å². The summed E-state index contributed by atoms with van der Waals surface area (Å²) in [6.07, 6.45) is 1.85. The summed E-state index contributed by atoms with van der Waals surface area (Å²) in [4.78, 5) is 12.0. The van der Waals surface area contributed by atoms with Gasteiger partial charge in [-0.1, -0.05) is 0 Å². The largest absolute Gasteiger partial charge is 0.598 e. The minimum Gasteiger partial charge on any atom is -0.598 e. The molecule has 2 aromatic rings. The average Bonchev–Trinajstić information content (AvgIpc) is 2.75. The zero-order chi connectivity index (χ0) is 13.0. The van der Waals surface area contributed by atoms with Crippen molar-refractivity contribution >= 4 is 0 Å². The first-order chi connectivity index (χ1) is 8.52. The van der Waals surface area contributed by atoms with E-state index in [4.69, 9.17) is 0 Å². The van der Waals surface area contributed by atoms with E-state index in [0.717, 1.165) is 29.7 Å². The van der Waals surface area contributed by atoms with Crippen LogP contribution in [0.5, 0.6) is 0 Å². The van der Waals surface area contributed by atoms with E-state index in [-0.39, 0.29) is 38.3 Å². The fraction of sp³-hybridized carbons (Fsp3) is 0.400. The molecule has 1 aliphatic rings. The number of hydrogen-bond donors (Lipinski definition) is 1. The molecule has 1 heterocycles. The second kappa shape index (κ2) is 5.03. The van der Waals surface area contributed by atoms with Crippen LogP contribution in [0.25, 0.3) is 11.1 Å². The number of aryl methyl sites for hydroxylation is 1. The van der Waals surface area contributed by atoms with Crippen molar-refractivity contribution in [1.29, 1.82) is 0 Å². The predicted molar refractivity (Wildman–Crippen MR) is 72.2 cm³/mol. The Morgan fingerprint density at radius 2 is 1.53 bits per heavy atom. The van der Waals surface area contributed by atoms with E-state index in [1.54, 1.807) is 0 Å². The molecule has 0 spiro atoms. The monoisotopic (exact) mass is 330 g/mol. The Morgan fingerprint density at radius 3 is 2.21 bits per heavy atom. The summed E-state index contributed by atoms with van der Waals surface area (Å²) in [5, 5.41) is 6.74. The first-order valence-electron chi connectivity index (χ1n) is 6.36. The van der Waals surface area contributed by atoms with E-state index in [1.165, 1.54) is 27.8 Å². The molecule has 0 amide bonds. The van der Waals surface area contributed by atoms with Crippen LogP contribution in [0, 0.1) is 27.7 Å². The van der Waals surface area contributed by atoms with Crippen LogP contribution in [0.4, 0.5) is 0 Å². The van der Waals surface area contributed by atoms with Crippen molar-refractivity contribution in [1.82, 2.24) is 10.2 Å². The number of aromatic amines is 1. The molecular weight excluding hydrogens is 313 g/mol. The van der Waals surface area contributed by atoms with E-state index in [1.807, 2.05) is 0 Å². The fourth-order valence-electron chi connectivity index (χ4n) is 3.08. The zero-order valence-corrected chi connectivity index (χ0v) is 14.7. The number of nitrogens with one attached hydrogen (secondary N) is 1. The molecule has 3 nitrogen and oxygen atoms in total. The van der Waals surface area contributed by atoms with Gasteiger partial charge in [-0.05, 0) is 73.9 Å². The minimum absolute atomic E-state index is 0. The SMILES string of the molecule is Cc1c(C)c(C)c2c(c1C)CCc1[n-][nH]c(=O)c1-2.[Y]. The molecule has 0 aliphatic heterocycles. The minimum atomic E-state index is -0.0447. The van der Waals surface area contributed by atoms with Gasteiger partial charge in [-0.25, -0.2) is 0 Å². The van der Waals surface area contributed by atoms with Crippen molar-refractivity contribution in [3.8, 4) is 11.1 Å². The molecule has 4 heteroatoms. The van der Waals surface area contributed by atoms with Gasteiger partial charge in [0.2, 0.25) is 5.56 Å². The maximum absolute atomic E-state index is 12.0. The number of benzene rings is 1. The summed E-state index contributed by atoms with van der Waals surface area (Å²) in [7, 11) is 0. The molecule has 97 valence electrons. The molecule has 0 saturated heterocycles. The third kappa shape index (κ3) is 1.98. The van der Waals surface area contributed by atoms with Crippen LogP contribution in [0.1, 0.15) is 33.5 Å². The molecule has 0 bridgehead atoms. The third-order valence-corrected chi connectivity index (χ3v) is 4.49. The van der Waals surface area contributed by atoms with Gasteiger partial charge in [-0.3, -0.25) is 4.79 Å². The van der Waals surface area contributed by atoms with Crippen LogP contribution < -0.4 is 10.7 Å². The molecule has 1 N–H and O–H groups in total. The van der Waals surface area contributed by atoms with Crippen molar-refractivity contribution in [2.24, 2.45) is 0 Å². The standard InChI is InChI=1S/C15H18N2O.Y/c1-7-8(2)10(4)13-11(9(7)3)5-6-12-14(13)15(18)17-16-12;/h5-6H2,1-4H3,(H2,16,17,18);/p-1. The van der Waals surface area contributed by atoms with Crippen molar-refractivity contribution in [3.63, 3.8) is 0 Å². The van der Waals surface area contributed by atoms with Crippen LogP contribution in [0.3, 0.4) is 0 Å². The van der Waals surface area contributed by atoms with Crippen molar-refractivity contribution in [2.75, 3.05) is 0 Å². The van der Waals surface area contributed by atoms with Gasteiger partial charge in [-0.15, -0.1) is 5.69 Å². The van der Waals surface area contributed by atoms with E-state index >= 15 is 0 Å². The van der Waals surface area contributed by atoms with Crippen LogP contribution in [-0.2, 0) is 45.6 Å². The van der Waals surface area contributed by atoms with Crippen LogP contribution in [0.15, 0.2) is 4.79 Å². The summed E-state index contributed by atoms with van der Waals surface area (Å²) in [5.41, 5.74) is 9.37. The third-order valence-electron chi connectivity index (χ3n) is 4.49. The van der Waals surface area contributed by atoms with E-state index in [0.29, 0.717) is 0 Å². The van der Waals surface area contributed by atoms with E-state index in [2.05, 4.69) is 37.9 Å². The molecule has 0 unspecified atom stereocenters. The zero-order valence-electron chi connectivity index (χ0n) is 11.8. The maximum atomic E-state index is 12.0. The van der Waals surface area contributed by atoms with E-state index < -0.39 is 0 Å². The Morgan fingerprint density at radius 1 is 0.895 bits per heavy atom. The second-order valence-corrected chi connectivity index (χ2v) is 5.23. The molecular formula is C15H17N2OY-. The van der Waals surface area contributed by atoms with Gasteiger partial charge in [-0.2, -0.15) is 0 Å². The number of aromatic nitrogens is 2. The number of nitrogens with zero attached hydrogens (tertiary/aromatic N) is 1. The Hall–Kier alpha value is -0.666. The van der Waals surface area contributed by atoms with Gasteiger partial charge < -0.3 is 10.2 Å². The summed E-state index contributed by atoms with van der Waals surface area (Å²) >= 11 is 0. The number of fused-ring (bicyclic) bond motifs is 3.